The lowest BCUT2D eigenvalue weighted by atomic mass is 9.99. The molecular weight excluding hydrogens is 214 g/mol. The van der Waals surface area contributed by atoms with Gasteiger partial charge in [-0.15, -0.1) is 0 Å². The second kappa shape index (κ2) is 7.15. The average Bonchev–Trinajstić information content (AvgIpc) is 2.76. The summed E-state index contributed by atoms with van der Waals surface area (Å²) in [7, 11) is 0. The van der Waals surface area contributed by atoms with Crippen LogP contribution in [0.2, 0.25) is 0 Å². The van der Waals surface area contributed by atoms with Crippen LogP contribution in [-0.2, 0) is 0 Å². The lowest BCUT2D eigenvalue weighted by Gasteiger charge is -2.14. The molecule has 1 aromatic rings. The maximum Gasteiger partial charge on any atom is 0.287 e. The van der Waals surface area contributed by atoms with Gasteiger partial charge in [-0.05, 0) is 31.4 Å². The number of carbonyl (C=O) groups excluding carboxylic acids is 1. The van der Waals surface area contributed by atoms with Gasteiger partial charge < -0.3 is 9.73 Å². The Labute approximate surface area is 104 Å². The van der Waals surface area contributed by atoms with E-state index in [1.807, 2.05) is 13.0 Å². The van der Waals surface area contributed by atoms with Gasteiger partial charge in [0.25, 0.3) is 5.91 Å². The molecular formula is C14H23NO2. The molecule has 17 heavy (non-hydrogen) atoms. The van der Waals surface area contributed by atoms with Gasteiger partial charge in [0.2, 0.25) is 0 Å². The second-order valence-corrected chi connectivity index (χ2v) is 4.54. The van der Waals surface area contributed by atoms with E-state index in [-0.39, 0.29) is 5.91 Å². The molecule has 0 aliphatic heterocycles. The molecule has 1 N–H and O–H groups in total. The number of carbonyl (C=O) groups is 1. The number of nitrogens with one attached hydrogen (secondary N) is 1. The zero-order valence-electron chi connectivity index (χ0n) is 11.1. The number of hydrogen-bond donors (Lipinski definition) is 1. The molecule has 1 aromatic heterocycles. The average molecular weight is 237 g/mol. The Morgan fingerprint density at radius 2 is 2.18 bits per heavy atom. The Bertz CT molecular complexity index is 344. The van der Waals surface area contributed by atoms with Crippen molar-refractivity contribution in [2.45, 2.75) is 46.5 Å². The van der Waals surface area contributed by atoms with E-state index in [9.17, 15) is 4.79 Å². The van der Waals surface area contributed by atoms with Gasteiger partial charge in [-0.2, -0.15) is 0 Å². The molecule has 1 rings (SSSR count). The first kappa shape index (κ1) is 13.8. The molecule has 1 heterocycles. The van der Waals surface area contributed by atoms with Crippen LogP contribution in [0.4, 0.5) is 0 Å². The van der Waals surface area contributed by atoms with Crippen molar-refractivity contribution >= 4 is 5.91 Å². The first-order valence-corrected chi connectivity index (χ1v) is 6.52. The highest BCUT2D eigenvalue weighted by molar-refractivity contribution is 5.91. The summed E-state index contributed by atoms with van der Waals surface area (Å²) in [5, 5.41) is 2.94. The lowest BCUT2D eigenvalue weighted by Crippen LogP contribution is -2.28. The van der Waals surface area contributed by atoms with Crippen molar-refractivity contribution < 1.29 is 9.21 Å². The molecule has 0 radical (unpaired) electrons. The van der Waals surface area contributed by atoms with Crippen LogP contribution >= 0.6 is 0 Å². The van der Waals surface area contributed by atoms with Crippen LogP contribution in [0.3, 0.4) is 0 Å². The summed E-state index contributed by atoms with van der Waals surface area (Å²) < 4.78 is 5.28. The minimum absolute atomic E-state index is 0.104. The molecule has 1 amide bonds. The number of unbranched alkanes of at least 4 members (excludes halogenated alkanes) is 1. The number of amides is 1. The first-order chi connectivity index (χ1) is 8.17. The van der Waals surface area contributed by atoms with E-state index >= 15 is 0 Å². The van der Waals surface area contributed by atoms with Crippen molar-refractivity contribution in [1.82, 2.24) is 5.32 Å². The molecule has 0 aromatic carbocycles. The van der Waals surface area contributed by atoms with Gasteiger partial charge in [-0.1, -0.05) is 33.1 Å². The highest BCUT2D eigenvalue weighted by atomic mass is 16.3. The van der Waals surface area contributed by atoms with Gasteiger partial charge in [0.1, 0.15) is 5.76 Å². The van der Waals surface area contributed by atoms with Crippen molar-refractivity contribution in [2.75, 3.05) is 6.54 Å². The number of furan rings is 1. The van der Waals surface area contributed by atoms with E-state index in [1.165, 1.54) is 19.3 Å². The molecule has 0 aliphatic carbocycles. The standard InChI is InChI=1S/C14H23NO2/c1-4-6-7-12(5-2)10-15-14(16)13-9-8-11(3)17-13/h8-9,12H,4-7,10H2,1-3H3,(H,15,16)/t12-/m1/s1. The molecule has 0 saturated carbocycles. The Balaban J connectivity index is 2.36. The zero-order chi connectivity index (χ0) is 12.7. The smallest absolute Gasteiger partial charge is 0.287 e. The van der Waals surface area contributed by atoms with E-state index in [4.69, 9.17) is 4.42 Å². The fourth-order valence-corrected chi connectivity index (χ4v) is 1.82. The summed E-state index contributed by atoms with van der Waals surface area (Å²) in [6.45, 7) is 6.95. The van der Waals surface area contributed by atoms with Crippen LogP contribution in [0.25, 0.3) is 0 Å². The van der Waals surface area contributed by atoms with Crippen LogP contribution in [0.5, 0.6) is 0 Å². The van der Waals surface area contributed by atoms with Crippen LogP contribution in [0.1, 0.15) is 55.8 Å². The Morgan fingerprint density at radius 1 is 1.41 bits per heavy atom. The van der Waals surface area contributed by atoms with Crippen molar-refractivity contribution in [1.29, 1.82) is 0 Å². The summed E-state index contributed by atoms with van der Waals surface area (Å²) in [6.07, 6.45) is 4.73. The quantitative estimate of drug-likeness (QED) is 0.788. The molecule has 96 valence electrons. The van der Waals surface area contributed by atoms with Crippen LogP contribution in [-0.4, -0.2) is 12.5 Å². The van der Waals surface area contributed by atoms with Crippen molar-refractivity contribution in [2.24, 2.45) is 5.92 Å². The third kappa shape index (κ3) is 4.63. The summed E-state index contributed by atoms with van der Waals surface area (Å²) in [5.74, 6) is 1.66. The maximum absolute atomic E-state index is 11.7. The monoisotopic (exact) mass is 237 g/mol. The zero-order valence-corrected chi connectivity index (χ0v) is 11.1. The fourth-order valence-electron chi connectivity index (χ4n) is 1.82. The minimum Gasteiger partial charge on any atom is -0.456 e. The van der Waals surface area contributed by atoms with Gasteiger partial charge in [-0.25, -0.2) is 0 Å². The minimum atomic E-state index is -0.104. The van der Waals surface area contributed by atoms with Gasteiger partial charge in [-0.3, -0.25) is 4.79 Å². The Hall–Kier alpha value is -1.25. The predicted octanol–water partition coefficient (Wildman–Crippen LogP) is 3.53. The topological polar surface area (TPSA) is 42.2 Å². The third-order valence-corrected chi connectivity index (χ3v) is 3.06. The van der Waals surface area contributed by atoms with Crippen LogP contribution in [0, 0.1) is 12.8 Å². The van der Waals surface area contributed by atoms with Crippen molar-refractivity contribution in [3.8, 4) is 0 Å². The summed E-state index contributed by atoms with van der Waals surface area (Å²) in [6, 6.07) is 3.53. The second-order valence-electron chi connectivity index (χ2n) is 4.54. The summed E-state index contributed by atoms with van der Waals surface area (Å²) >= 11 is 0. The normalized spacial score (nSPS) is 12.4. The predicted molar refractivity (Wildman–Crippen MR) is 69.1 cm³/mol. The van der Waals surface area contributed by atoms with Crippen LogP contribution < -0.4 is 5.32 Å². The molecule has 0 aliphatic rings. The number of rotatable bonds is 7. The van der Waals surface area contributed by atoms with Crippen molar-refractivity contribution in [3.05, 3.63) is 23.7 Å². The number of hydrogen-bond acceptors (Lipinski definition) is 2. The Kier molecular flexibility index (Phi) is 5.81. The molecule has 0 bridgehead atoms. The number of aryl methyl sites for hydroxylation is 1. The molecule has 0 fully saturated rings. The lowest BCUT2D eigenvalue weighted by molar-refractivity contribution is 0.0916. The highest BCUT2D eigenvalue weighted by Gasteiger charge is 2.12. The maximum atomic E-state index is 11.7. The molecule has 3 nitrogen and oxygen atoms in total. The fraction of sp³-hybridized carbons (Fsp3) is 0.643. The Morgan fingerprint density at radius 3 is 2.71 bits per heavy atom. The molecule has 0 saturated heterocycles. The van der Waals surface area contributed by atoms with Crippen LogP contribution in [0.15, 0.2) is 16.5 Å². The van der Waals surface area contributed by atoms with Gasteiger partial charge >= 0.3 is 0 Å². The molecule has 0 unspecified atom stereocenters. The highest BCUT2D eigenvalue weighted by Crippen LogP contribution is 2.12. The summed E-state index contributed by atoms with van der Waals surface area (Å²) in [5.41, 5.74) is 0. The third-order valence-electron chi connectivity index (χ3n) is 3.06. The first-order valence-electron chi connectivity index (χ1n) is 6.52. The van der Waals surface area contributed by atoms with Gasteiger partial charge in [0, 0.05) is 6.54 Å². The van der Waals surface area contributed by atoms with Gasteiger partial charge in [0.05, 0.1) is 0 Å². The van der Waals surface area contributed by atoms with E-state index < -0.39 is 0 Å². The van der Waals surface area contributed by atoms with E-state index in [0.29, 0.717) is 11.7 Å². The SMILES string of the molecule is CCCC[C@@H](CC)CNC(=O)c1ccc(C)o1. The summed E-state index contributed by atoms with van der Waals surface area (Å²) in [4.78, 5) is 11.7. The van der Waals surface area contributed by atoms with E-state index in [2.05, 4.69) is 19.2 Å². The van der Waals surface area contributed by atoms with E-state index in [1.54, 1.807) is 6.07 Å². The molecule has 0 spiro atoms. The van der Waals surface area contributed by atoms with Crippen molar-refractivity contribution in [3.63, 3.8) is 0 Å². The largest absolute Gasteiger partial charge is 0.456 e. The van der Waals surface area contributed by atoms with E-state index in [0.717, 1.165) is 18.7 Å². The molecule has 3 heteroatoms. The van der Waals surface area contributed by atoms with Gasteiger partial charge in [0.15, 0.2) is 5.76 Å². The molecule has 1 atom stereocenters.